The van der Waals surface area contributed by atoms with Crippen LogP contribution in [0, 0.1) is 11.3 Å². The Labute approximate surface area is 78.8 Å². The van der Waals surface area contributed by atoms with E-state index < -0.39 is 0 Å². The first-order valence-electron chi connectivity index (χ1n) is 4.33. The minimum Gasteiger partial charge on any atom is -0.367 e. The molecule has 1 aromatic rings. The first-order valence-corrected chi connectivity index (χ1v) is 4.33. The highest BCUT2D eigenvalue weighted by atomic mass is 16.5. The third-order valence-corrected chi connectivity index (χ3v) is 1.97. The lowest BCUT2D eigenvalue weighted by Crippen LogP contribution is -2.08. The zero-order valence-corrected chi connectivity index (χ0v) is 7.73. The summed E-state index contributed by atoms with van der Waals surface area (Å²) in [5.41, 5.74) is 1.25. The molecule has 0 N–H and O–H groups in total. The van der Waals surface area contributed by atoms with Crippen LogP contribution in [-0.2, 0) is 11.2 Å². The third-order valence-electron chi connectivity index (χ3n) is 1.97. The van der Waals surface area contributed by atoms with Gasteiger partial charge < -0.3 is 4.74 Å². The van der Waals surface area contributed by atoms with E-state index in [1.54, 1.807) is 7.11 Å². The van der Waals surface area contributed by atoms with Gasteiger partial charge in [-0.25, -0.2) is 0 Å². The van der Waals surface area contributed by atoms with Gasteiger partial charge in [0, 0.05) is 7.11 Å². The van der Waals surface area contributed by atoms with Crippen molar-refractivity contribution in [2.24, 2.45) is 0 Å². The van der Waals surface area contributed by atoms with Crippen LogP contribution in [0.25, 0.3) is 0 Å². The molecular formula is C11H13NO. The summed E-state index contributed by atoms with van der Waals surface area (Å²) >= 11 is 0. The zero-order valence-electron chi connectivity index (χ0n) is 7.73. The molecule has 68 valence electrons. The van der Waals surface area contributed by atoms with Gasteiger partial charge in [-0.3, -0.25) is 0 Å². The van der Waals surface area contributed by atoms with E-state index in [0.717, 1.165) is 12.8 Å². The lowest BCUT2D eigenvalue weighted by molar-refractivity contribution is 0.139. The number of hydrogen-bond donors (Lipinski definition) is 0. The van der Waals surface area contributed by atoms with Crippen LogP contribution in [0.2, 0.25) is 0 Å². The second kappa shape index (κ2) is 5.34. The van der Waals surface area contributed by atoms with Crippen molar-refractivity contribution in [2.45, 2.75) is 18.9 Å². The van der Waals surface area contributed by atoms with E-state index in [2.05, 4.69) is 18.2 Å². The van der Waals surface area contributed by atoms with Crippen molar-refractivity contribution in [2.75, 3.05) is 7.11 Å². The quantitative estimate of drug-likeness (QED) is 0.702. The van der Waals surface area contributed by atoms with Crippen molar-refractivity contribution < 1.29 is 4.74 Å². The van der Waals surface area contributed by atoms with Crippen LogP contribution >= 0.6 is 0 Å². The molecule has 0 saturated heterocycles. The molecule has 1 unspecified atom stereocenters. The van der Waals surface area contributed by atoms with E-state index in [1.165, 1.54) is 5.56 Å². The largest absolute Gasteiger partial charge is 0.367 e. The number of nitrogens with zero attached hydrogens (tertiary/aromatic N) is 1. The Bertz CT molecular complexity index is 276. The molecule has 0 heterocycles. The molecule has 1 rings (SSSR count). The maximum atomic E-state index is 8.63. The van der Waals surface area contributed by atoms with Crippen molar-refractivity contribution in [3.8, 4) is 6.07 Å². The second-order valence-corrected chi connectivity index (χ2v) is 2.88. The molecule has 0 bridgehead atoms. The number of rotatable bonds is 4. The Kier molecular flexibility index (Phi) is 4.01. The van der Waals surface area contributed by atoms with Crippen LogP contribution in [0.3, 0.4) is 0 Å². The highest BCUT2D eigenvalue weighted by Crippen LogP contribution is 2.05. The Morgan fingerprint density at radius 2 is 2.08 bits per heavy atom. The molecule has 0 aliphatic heterocycles. The van der Waals surface area contributed by atoms with Gasteiger partial charge in [-0.1, -0.05) is 30.3 Å². The predicted octanol–water partition coefficient (Wildman–Crippen LogP) is 2.16. The minimum atomic E-state index is -0.278. The van der Waals surface area contributed by atoms with Gasteiger partial charge in [-0.2, -0.15) is 5.26 Å². The van der Waals surface area contributed by atoms with E-state index >= 15 is 0 Å². The number of benzene rings is 1. The SMILES string of the molecule is COC(C#N)CCc1ccccc1. The molecule has 1 atom stereocenters. The molecule has 0 spiro atoms. The van der Waals surface area contributed by atoms with Gasteiger partial charge in [0.05, 0.1) is 6.07 Å². The smallest absolute Gasteiger partial charge is 0.143 e. The second-order valence-electron chi connectivity index (χ2n) is 2.88. The molecule has 0 amide bonds. The van der Waals surface area contributed by atoms with Gasteiger partial charge in [-0.05, 0) is 18.4 Å². The summed E-state index contributed by atoms with van der Waals surface area (Å²) in [5, 5.41) is 8.63. The molecule has 2 nitrogen and oxygen atoms in total. The molecule has 13 heavy (non-hydrogen) atoms. The topological polar surface area (TPSA) is 33.0 Å². The van der Waals surface area contributed by atoms with E-state index in [4.69, 9.17) is 10.00 Å². The standard InChI is InChI=1S/C11H13NO/c1-13-11(9-12)8-7-10-5-3-2-4-6-10/h2-6,11H,7-8H2,1H3. The lowest BCUT2D eigenvalue weighted by atomic mass is 10.1. The average molecular weight is 175 g/mol. The molecule has 1 aromatic carbocycles. The molecule has 0 radical (unpaired) electrons. The minimum absolute atomic E-state index is 0.278. The van der Waals surface area contributed by atoms with Crippen LogP contribution < -0.4 is 0 Å². The van der Waals surface area contributed by atoms with Crippen molar-refractivity contribution >= 4 is 0 Å². The average Bonchev–Trinajstić information content (AvgIpc) is 2.21. The van der Waals surface area contributed by atoms with Gasteiger partial charge in [0.1, 0.15) is 6.10 Å². The first kappa shape index (κ1) is 9.76. The summed E-state index contributed by atoms with van der Waals surface area (Å²) in [4.78, 5) is 0. The first-order chi connectivity index (χ1) is 6.36. The van der Waals surface area contributed by atoms with Gasteiger partial charge in [0.15, 0.2) is 0 Å². The number of nitriles is 1. The van der Waals surface area contributed by atoms with Gasteiger partial charge in [0.25, 0.3) is 0 Å². The van der Waals surface area contributed by atoms with E-state index in [1.807, 2.05) is 18.2 Å². The fourth-order valence-electron chi connectivity index (χ4n) is 1.18. The summed E-state index contributed by atoms with van der Waals surface area (Å²) in [6, 6.07) is 12.2. The van der Waals surface area contributed by atoms with E-state index in [9.17, 15) is 0 Å². The number of hydrogen-bond acceptors (Lipinski definition) is 2. The molecular weight excluding hydrogens is 162 g/mol. The number of methoxy groups -OCH3 is 1. The summed E-state index contributed by atoms with van der Waals surface area (Å²) in [5.74, 6) is 0. The summed E-state index contributed by atoms with van der Waals surface area (Å²) in [6.07, 6.45) is 1.38. The van der Waals surface area contributed by atoms with Crippen LogP contribution in [0.4, 0.5) is 0 Å². The van der Waals surface area contributed by atoms with Crippen molar-refractivity contribution in [1.29, 1.82) is 5.26 Å². The Morgan fingerprint density at radius 1 is 1.38 bits per heavy atom. The maximum Gasteiger partial charge on any atom is 0.143 e. The molecule has 0 aliphatic carbocycles. The summed E-state index contributed by atoms with van der Waals surface area (Å²) in [6.45, 7) is 0. The predicted molar refractivity (Wildman–Crippen MR) is 51.2 cm³/mol. The van der Waals surface area contributed by atoms with E-state index in [0.29, 0.717) is 0 Å². The van der Waals surface area contributed by atoms with E-state index in [-0.39, 0.29) is 6.10 Å². The molecule has 2 heteroatoms. The van der Waals surface area contributed by atoms with Crippen molar-refractivity contribution in [3.63, 3.8) is 0 Å². The molecule has 0 saturated carbocycles. The van der Waals surface area contributed by atoms with Crippen LogP contribution in [-0.4, -0.2) is 13.2 Å². The Morgan fingerprint density at radius 3 is 2.62 bits per heavy atom. The fourth-order valence-corrected chi connectivity index (χ4v) is 1.18. The fraction of sp³-hybridized carbons (Fsp3) is 0.364. The van der Waals surface area contributed by atoms with Crippen LogP contribution in [0.5, 0.6) is 0 Å². The highest BCUT2D eigenvalue weighted by molar-refractivity contribution is 5.15. The number of ether oxygens (including phenoxy) is 1. The number of aryl methyl sites for hydroxylation is 1. The third kappa shape index (κ3) is 3.27. The molecule has 0 fully saturated rings. The molecule has 0 aromatic heterocycles. The Hall–Kier alpha value is -1.33. The monoisotopic (exact) mass is 175 g/mol. The summed E-state index contributed by atoms with van der Waals surface area (Å²) < 4.78 is 4.96. The van der Waals surface area contributed by atoms with Gasteiger partial charge in [0.2, 0.25) is 0 Å². The van der Waals surface area contributed by atoms with Crippen LogP contribution in [0.1, 0.15) is 12.0 Å². The van der Waals surface area contributed by atoms with Crippen molar-refractivity contribution in [1.82, 2.24) is 0 Å². The lowest BCUT2D eigenvalue weighted by Gasteiger charge is -2.05. The van der Waals surface area contributed by atoms with Gasteiger partial charge >= 0.3 is 0 Å². The van der Waals surface area contributed by atoms with Gasteiger partial charge in [-0.15, -0.1) is 0 Å². The molecule has 0 aliphatic rings. The summed E-state index contributed by atoms with van der Waals surface area (Å²) in [7, 11) is 1.57. The Balaban J connectivity index is 2.40. The normalized spacial score (nSPS) is 12.0. The highest BCUT2D eigenvalue weighted by Gasteiger charge is 2.04. The van der Waals surface area contributed by atoms with Crippen LogP contribution in [0.15, 0.2) is 30.3 Å². The van der Waals surface area contributed by atoms with Crippen molar-refractivity contribution in [3.05, 3.63) is 35.9 Å². The zero-order chi connectivity index (χ0) is 9.52. The maximum absolute atomic E-state index is 8.63.